The first-order valence-corrected chi connectivity index (χ1v) is 12.3. The molecule has 0 aliphatic carbocycles. The topological polar surface area (TPSA) is 101 Å². The van der Waals surface area contributed by atoms with Gasteiger partial charge in [0.2, 0.25) is 0 Å². The molecule has 36 heavy (non-hydrogen) atoms. The molecule has 4 rings (SSSR count). The molecule has 1 atom stereocenters. The molecular weight excluding hydrogens is 446 g/mol. The normalized spacial score (nSPS) is 22.9. The van der Waals surface area contributed by atoms with Crippen molar-refractivity contribution in [1.29, 1.82) is 0 Å². The fraction of sp³-hybridized carbons (Fsp3) is 0.310. The monoisotopic (exact) mass is 479 g/mol. The van der Waals surface area contributed by atoms with Gasteiger partial charge in [0.05, 0.1) is 71.3 Å². The van der Waals surface area contributed by atoms with Crippen molar-refractivity contribution in [3.8, 4) is 0 Å². The number of anilines is 1. The molecule has 2 N–H and O–H groups in total. The minimum absolute atomic E-state index is 0.0610. The van der Waals surface area contributed by atoms with Gasteiger partial charge in [-0.05, 0) is 76.1 Å². The number of hydrogen-bond acceptors (Lipinski definition) is 7. The van der Waals surface area contributed by atoms with Crippen molar-refractivity contribution in [3.05, 3.63) is 89.0 Å². The summed E-state index contributed by atoms with van der Waals surface area (Å²) >= 11 is 0. The van der Waals surface area contributed by atoms with Crippen LogP contribution in [-0.4, -0.2) is 58.5 Å². The highest BCUT2D eigenvalue weighted by atomic mass is 14.9. The van der Waals surface area contributed by atoms with Gasteiger partial charge < -0.3 is 5.73 Å². The number of aliphatic imine (C=N–C) groups is 4. The smallest absolute Gasteiger partial charge is 0.0845 e. The minimum Gasteiger partial charge on any atom is -0.399 e. The number of fused-ring (bicyclic) bond motifs is 4. The molecule has 0 saturated carbocycles. The molecule has 7 nitrogen and oxygen atoms in total. The third-order valence-electron chi connectivity index (χ3n) is 6.15. The number of aromatic nitrogens is 2. The quantitative estimate of drug-likeness (QED) is 0.543. The van der Waals surface area contributed by atoms with E-state index >= 15 is 0 Å². The maximum absolute atomic E-state index is 5.89. The summed E-state index contributed by atoms with van der Waals surface area (Å²) in [6, 6.07) is 19.8. The lowest BCUT2D eigenvalue weighted by atomic mass is 10.1. The fourth-order valence-corrected chi connectivity index (χ4v) is 4.01. The summed E-state index contributed by atoms with van der Waals surface area (Å²) in [5.41, 5.74) is 14.7. The number of pyridine rings is 2. The Labute approximate surface area is 213 Å². The third-order valence-corrected chi connectivity index (χ3v) is 6.15. The molecule has 1 aromatic carbocycles. The molecule has 0 amide bonds. The van der Waals surface area contributed by atoms with Crippen molar-refractivity contribution in [2.45, 2.75) is 40.2 Å². The Morgan fingerprint density at radius 2 is 1.11 bits per heavy atom. The summed E-state index contributed by atoms with van der Waals surface area (Å²) in [6.45, 7) is 9.69. The number of rotatable bonds is 2. The van der Waals surface area contributed by atoms with Crippen LogP contribution in [0.2, 0.25) is 0 Å². The number of nitrogens with zero attached hydrogens (tertiary/aromatic N) is 6. The van der Waals surface area contributed by atoms with Gasteiger partial charge >= 0.3 is 0 Å². The standard InChI is InChI=1S/C29H33N7/c1-19-26-7-5-9-28(35-26)21(3)33-18-25(17-23-11-13-24(30)14-12-23)34-22(4)29-10-6-8-27(36-29)20(2)32-16-15-31-19/h5-14,25H,15-18,30H2,1-4H3/b31-19+,32-20+,33-21+,34-22+. The van der Waals surface area contributed by atoms with E-state index in [0.717, 1.165) is 63.3 Å². The number of nitrogens with two attached hydrogens (primary N) is 1. The minimum atomic E-state index is -0.0610. The van der Waals surface area contributed by atoms with Crippen molar-refractivity contribution in [2.75, 3.05) is 25.4 Å². The summed E-state index contributed by atoms with van der Waals surface area (Å²) in [6.07, 6.45) is 0.744. The number of hydrogen-bond donors (Lipinski definition) is 1. The van der Waals surface area contributed by atoms with Gasteiger partial charge in [0, 0.05) is 5.69 Å². The zero-order valence-corrected chi connectivity index (χ0v) is 21.4. The third kappa shape index (κ3) is 6.56. The van der Waals surface area contributed by atoms with Gasteiger partial charge in [-0.3, -0.25) is 20.0 Å². The van der Waals surface area contributed by atoms with Crippen molar-refractivity contribution < 1.29 is 0 Å². The second-order valence-electron chi connectivity index (χ2n) is 8.99. The van der Waals surface area contributed by atoms with E-state index < -0.39 is 0 Å². The average molecular weight is 480 g/mol. The van der Waals surface area contributed by atoms with E-state index in [-0.39, 0.29) is 6.04 Å². The lowest BCUT2D eigenvalue weighted by Crippen LogP contribution is -2.18. The molecule has 184 valence electrons. The van der Waals surface area contributed by atoms with E-state index in [0.29, 0.717) is 19.6 Å². The van der Waals surface area contributed by atoms with Gasteiger partial charge in [-0.15, -0.1) is 0 Å². The van der Waals surface area contributed by atoms with Crippen molar-refractivity contribution in [2.24, 2.45) is 20.0 Å². The Hall–Kier alpha value is -4.00. The predicted molar refractivity (Wildman–Crippen MR) is 150 cm³/mol. The van der Waals surface area contributed by atoms with E-state index in [1.165, 1.54) is 0 Å². The van der Waals surface area contributed by atoms with Gasteiger partial charge in [0.1, 0.15) is 0 Å². The molecule has 0 radical (unpaired) electrons. The van der Waals surface area contributed by atoms with E-state index in [1.54, 1.807) is 0 Å². The van der Waals surface area contributed by atoms with Crippen molar-refractivity contribution in [1.82, 2.24) is 9.97 Å². The van der Waals surface area contributed by atoms with Crippen molar-refractivity contribution in [3.63, 3.8) is 0 Å². The molecule has 0 spiro atoms. The highest BCUT2D eigenvalue weighted by molar-refractivity contribution is 6.02. The number of benzene rings is 1. The largest absolute Gasteiger partial charge is 0.399 e. The molecule has 1 aliphatic heterocycles. The predicted octanol–water partition coefficient (Wildman–Crippen LogP) is 4.62. The van der Waals surface area contributed by atoms with Crippen LogP contribution in [0.15, 0.2) is 80.6 Å². The summed E-state index contributed by atoms with van der Waals surface area (Å²) in [7, 11) is 0. The summed E-state index contributed by atoms with van der Waals surface area (Å²) in [4.78, 5) is 29.0. The van der Waals surface area contributed by atoms with E-state index in [9.17, 15) is 0 Å². The second-order valence-corrected chi connectivity index (χ2v) is 8.99. The maximum atomic E-state index is 5.89. The maximum Gasteiger partial charge on any atom is 0.0845 e. The molecule has 0 fully saturated rings. The molecule has 1 aliphatic rings. The molecular formula is C29H33N7. The van der Waals surface area contributed by atoms with Crippen LogP contribution < -0.4 is 5.73 Å². The van der Waals surface area contributed by atoms with E-state index in [1.807, 2.05) is 88.4 Å². The highest BCUT2D eigenvalue weighted by Gasteiger charge is 2.12. The highest BCUT2D eigenvalue weighted by Crippen LogP contribution is 2.13. The fourth-order valence-electron chi connectivity index (χ4n) is 4.01. The summed E-state index contributed by atoms with van der Waals surface area (Å²) in [5, 5.41) is 0. The first-order chi connectivity index (χ1) is 17.4. The lowest BCUT2D eigenvalue weighted by molar-refractivity contribution is 0.681. The molecule has 7 heteroatoms. The van der Waals surface area contributed by atoms with Crippen molar-refractivity contribution >= 4 is 28.5 Å². The Bertz CT molecular complexity index is 1330. The van der Waals surface area contributed by atoms with Crippen LogP contribution in [0.25, 0.3) is 0 Å². The first kappa shape index (κ1) is 25.1. The molecule has 1 unspecified atom stereocenters. The Morgan fingerprint density at radius 3 is 1.64 bits per heavy atom. The van der Waals surface area contributed by atoms with Crippen LogP contribution in [0, 0.1) is 0 Å². The lowest BCUT2D eigenvalue weighted by Gasteiger charge is -2.14. The summed E-state index contributed by atoms with van der Waals surface area (Å²) < 4.78 is 0. The van der Waals surface area contributed by atoms with Gasteiger partial charge in [-0.1, -0.05) is 24.3 Å². The first-order valence-electron chi connectivity index (χ1n) is 12.3. The van der Waals surface area contributed by atoms with Crippen LogP contribution in [0.5, 0.6) is 0 Å². The van der Waals surface area contributed by atoms with Gasteiger partial charge in [-0.25, -0.2) is 9.97 Å². The average Bonchev–Trinajstić information content (AvgIpc) is 2.90. The Balaban J connectivity index is 1.75. The summed E-state index contributed by atoms with van der Waals surface area (Å²) in [5.74, 6) is 0. The van der Waals surface area contributed by atoms with Gasteiger partial charge in [-0.2, -0.15) is 0 Å². The molecule has 3 heterocycles. The van der Waals surface area contributed by atoms with Crippen LogP contribution in [0.3, 0.4) is 0 Å². The Morgan fingerprint density at radius 1 is 0.639 bits per heavy atom. The van der Waals surface area contributed by atoms with E-state index in [4.69, 9.17) is 30.7 Å². The zero-order chi connectivity index (χ0) is 25.5. The van der Waals surface area contributed by atoms with Gasteiger partial charge in [0.15, 0.2) is 0 Å². The number of nitrogen functional groups attached to an aromatic ring is 1. The molecule has 3 aromatic rings. The second kappa shape index (κ2) is 11.6. The zero-order valence-electron chi connectivity index (χ0n) is 21.4. The Kier molecular flexibility index (Phi) is 8.10. The van der Waals surface area contributed by atoms with Crippen LogP contribution in [0.1, 0.15) is 56.0 Å². The van der Waals surface area contributed by atoms with Crippen LogP contribution >= 0.6 is 0 Å². The van der Waals surface area contributed by atoms with Gasteiger partial charge in [0.25, 0.3) is 0 Å². The molecule has 0 saturated heterocycles. The molecule has 2 aromatic heterocycles. The van der Waals surface area contributed by atoms with E-state index in [2.05, 4.69) is 4.99 Å². The van der Waals surface area contributed by atoms with Crippen LogP contribution in [-0.2, 0) is 6.42 Å². The molecule has 4 bridgehead atoms. The van der Waals surface area contributed by atoms with Crippen LogP contribution in [0.4, 0.5) is 5.69 Å². The SMILES string of the molecule is C/C1=N\CC/N=C(\C)c2cccc(n2)/C(C)=N/C(Cc2ccc(N)cc2)C/N=C(\C)c2cccc1n2.